The summed E-state index contributed by atoms with van der Waals surface area (Å²) in [6, 6.07) is 10.6. The molecule has 0 N–H and O–H groups in total. The molecule has 1 atom stereocenters. The van der Waals surface area contributed by atoms with Crippen molar-refractivity contribution in [1.29, 1.82) is 0 Å². The molecule has 3 rings (SSSR count). The van der Waals surface area contributed by atoms with Crippen molar-refractivity contribution in [2.24, 2.45) is 5.92 Å². The van der Waals surface area contributed by atoms with E-state index in [9.17, 15) is 4.79 Å². The third-order valence-electron chi connectivity index (χ3n) is 4.86. The second-order valence-corrected chi connectivity index (χ2v) is 6.38. The second-order valence-electron chi connectivity index (χ2n) is 6.38. The van der Waals surface area contributed by atoms with Crippen LogP contribution in [0.3, 0.4) is 0 Å². The van der Waals surface area contributed by atoms with E-state index in [1.807, 2.05) is 0 Å². The van der Waals surface area contributed by atoms with Gasteiger partial charge in [-0.2, -0.15) is 0 Å². The van der Waals surface area contributed by atoms with Gasteiger partial charge in [0.25, 0.3) is 0 Å². The van der Waals surface area contributed by atoms with Crippen LogP contribution >= 0.6 is 0 Å². The highest BCUT2D eigenvalue weighted by Crippen LogP contribution is 2.21. The number of hydrogen-bond donors (Lipinski definition) is 0. The Labute approximate surface area is 133 Å². The van der Waals surface area contributed by atoms with E-state index in [0.717, 1.165) is 58.4 Å². The van der Waals surface area contributed by atoms with Crippen molar-refractivity contribution in [3.8, 4) is 0 Å². The fraction of sp³-hybridized carbons (Fsp3) is 0.526. The Hall–Kier alpha value is -1.61. The van der Waals surface area contributed by atoms with Crippen LogP contribution in [0.5, 0.6) is 0 Å². The summed E-state index contributed by atoms with van der Waals surface area (Å²) in [7, 11) is 0. The average Bonchev–Trinajstić information content (AvgIpc) is 2.61. The first-order valence-electron chi connectivity index (χ1n) is 8.53. The van der Waals surface area contributed by atoms with Crippen molar-refractivity contribution < 1.29 is 4.79 Å². The maximum absolute atomic E-state index is 12.5. The smallest absolute Gasteiger partial charge is 0.226 e. The quantitative estimate of drug-likeness (QED) is 0.798. The Morgan fingerprint density at radius 1 is 1.05 bits per heavy atom. The summed E-state index contributed by atoms with van der Waals surface area (Å²) in [6.07, 6.45) is 8.50. The number of benzene rings is 1. The topological polar surface area (TPSA) is 23.6 Å². The molecule has 118 valence electrons. The van der Waals surface area contributed by atoms with Crippen molar-refractivity contribution in [1.82, 2.24) is 9.80 Å². The molecule has 0 radical (unpaired) electrons. The molecule has 1 heterocycles. The molecule has 3 nitrogen and oxygen atoms in total. The summed E-state index contributed by atoms with van der Waals surface area (Å²) in [4.78, 5) is 17.1. The molecule has 0 saturated carbocycles. The molecule has 1 saturated heterocycles. The molecule has 1 unspecified atom stereocenters. The zero-order chi connectivity index (χ0) is 15.2. The maximum Gasteiger partial charge on any atom is 0.226 e. The van der Waals surface area contributed by atoms with Gasteiger partial charge in [0.15, 0.2) is 0 Å². The molecule has 3 heteroatoms. The van der Waals surface area contributed by atoms with Crippen LogP contribution in [-0.4, -0.2) is 48.4 Å². The van der Waals surface area contributed by atoms with Gasteiger partial charge in [0.1, 0.15) is 0 Å². The molecular formula is C19H26N2O. The van der Waals surface area contributed by atoms with Crippen molar-refractivity contribution in [2.75, 3.05) is 32.7 Å². The number of hydrogen-bond acceptors (Lipinski definition) is 2. The maximum atomic E-state index is 12.5. The Morgan fingerprint density at radius 3 is 2.50 bits per heavy atom. The summed E-state index contributed by atoms with van der Waals surface area (Å²) >= 11 is 0. The first kappa shape index (κ1) is 15.3. The number of rotatable bonds is 4. The summed E-state index contributed by atoms with van der Waals surface area (Å²) in [5.41, 5.74) is 1.40. The van der Waals surface area contributed by atoms with E-state index in [1.165, 1.54) is 5.56 Å². The molecule has 1 amide bonds. The van der Waals surface area contributed by atoms with Crippen molar-refractivity contribution in [3.05, 3.63) is 48.0 Å². The van der Waals surface area contributed by atoms with E-state index < -0.39 is 0 Å². The lowest BCUT2D eigenvalue weighted by Gasteiger charge is -2.36. The number of piperazine rings is 1. The first-order valence-corrected chi connectivity index (χ1v) is 8.53. The van der Waals surface area contributed by atoms with Gasteiger partial charge in [-0.25, -0.2) is 0 Å². The normalized spacial score (nSPS) is 22.7. The van der Waals surface area contributed by atoms with Gasteiger partial charge in [-0.1, -0.05) is 42.5 Å². The lowest BCUT2D eigenvalue weighted by Crippen LogP contribution is -2.50. The standard InChI is InChI=1S/C19H26N2O/c22-19(18-9-5-2-6-10-18)21-15-13-20(14-16-21)12-11-17-7-3-1-4-8-17/h1-5,7-8,18H,6,9-16H2. The highest BCUT2D eigenvalue weighted by Gasteiger charge is 2.27. The fourth-order valence-electron chi connectivity index (χ4n) is 3.40. The van der Waals surface area contributed by atoms with E-state index in [-0.39, 0.29) is 5.92 Å². The summed E-state index contributed by atoms with van der Waals surface area (Å²) in [6.45, 7) is 4.92. The molecule has 1 aromatic rings. The average molecular weight is 298 g/mol. The molecule has 1 aromatic carbocycles. The third kappa shape index (κ3) is 3.98. The van der Waals surface area contributed by atoms with Gasteiger partial charge in [0, 0.05) is 38.6 Å². The van der Waals surface area contributed by atoms with Crippen LogP contribution in [0.2, 0.25) is 0 Å². The van der Waals surface area contributed by atoms with Crippen LogP contribution in [0.1, 0.15) is 24.8 Å². The molecule has 1 aliphatic carbocycles. The van der Waals surface area contributed by atoms with E-state index >= 15 is 0 Å². The van der Waals surface area contributed by atoms with Crippen LogP contribution < -0.4 is 0 Å². The van der Waals surface area contributed by atoms with E-state index in [2.05, 4.69) is 52.3 Å². The van der Waals surface area contributed by atoms with Crippen molar-refractivity contribution in [2.45, 2.75) is 25.7 Å². The first-order chi connectivity index (χ1) is 10.8. The fourth-order valence-corrected chi connectivity index (χ4v) is 3.40. The van der Waals surface area contributed by atoms with Crippen LogP contribution in [-0.2, 0) is 11.2 Å². The minimum absolute atomic E-state index is 0.237. The van der Waals surface area contributed by atoms with Gasteiger partial charge in [-0.05, 0) is 31.2 Å². The second kappa shape index (κ2) is 7.59. The lowest BCUT2D eigenvalue weighted by atomic mass is 9.93. The number of nitrogens with zero attached hydrogens (tertiary/aromatic N) is 2. The van der Waals surface area contributed by atoms with E-state index in [4.69, 9.17) is 0 Å². The van der Waals surface area contributed by atoms with Crippen LogP contribution in [0, 0.1) is 5.92 Å². The number of carbonyl (C=O) groups excluding carboxylic acids is 1. The Balaban J connectivity index is 1.42. The highest BCUT2D eigenvalue weighted by molar-refractivity contribution is 5.79. The Kier molecular flexibility index (Phi) is 5.28. The Morgan fingerprint density at radius 2 is 1.82 bits per heavy atom. The monoisotopic (exact) mass is 298 g/mol. The molecular weight excluding hydrogens is 272 g/mol. The van der Waals surface area contributed by atoms with Crippen molar-refractivity contribution >= 4 is 5.91 Å². The predicted molar refractivity (Wildman–Crippen MR) is 89.6 cm³/mol. The molecule has 22 heavy (non-hydrogen) atoms. The van der Waals surface area contributed by atoms with Gasteiger partial charge in [0.05, 0.1) is 0 Å². The van der Waals surface area contributed by atoms with Gasteiger partial charge in [0.2, 0.25) is 5.91 Å². The number of amides is 1. The predicted octanol–water partition coefficient (Wildman–Crippen LogP) is 2.73. The Bertz CT molecular complexity index is 503. The van der Waals surface area contributed by atoms with Crippen LogP contribution in [0.15, 0.2) is 42.5 Å². The molecule has 0 spiro atoms. The molecule has 2 aliphatic rings. The largest absolute Gasteiger partial charge is 0.340 e. The summed E-state index contributed by atoms with van der Waals surface area (Å²) in [5, 5.41) is 0. The zero-order valence-corrected chi connectivity index (χ0v) is 13.3. The zero-order valence-electron chi connectivity index (χ0n) is 13.3. The van der Waals surface area contributed by atoms with Gasteiger partial charge in [-0.3, -0.25) is 9.69 Å². The summed E-state index contributed by atoms with van der Waals surface area (Å²) < 4.78 is 0. The molecule has 0 bridgehead atoms. The van der Waals surface area contributed by atoms with Crippen molar-refractivity contribution in [3.63, 3.8) is 0 Å². The van der Waals surface area contributed by atoms with Gasteiger partial charge in [-0.15, -0.1) is 0 Å². The minimum Gasteiger partial charge on any atom is -0.340 e. The van der Waals surface area contributed by atoms with E-state index in [1.54, 1.807) is 0 Å². The van der Waals surface area contributed by atoms with Gasteiger partial charge >= 0.3 is 0 Å². The SMILES string of the molecule is O=C(C1CC=CCC1)N1CCN(CCc2ccccc2)CC1. The molecule has 1 aliphatic heterocycles. The van der Waals surface area contributed by atoms with E-state index in [0.29, 0.717) is 5.91 Å². The minimum atomic E-state index is 0.237. The van der Waals surface area contributed by atoms with Crippen LogP contribution in [0.25, 0.3) is 0 Å². The third-order valence-corrected chi connectivity index (χ3v) is 4.86. The number of allylic oxidation sites excluding steroid dienone is 2. The molecule has 1 fully saturated rings. The lowest BCUT2D eigenvalue weighted by molar-refractivity contribution is -0.137. The summed E-state index contributed by atoms with van der Waals surface area (Å²) in [5.74, 6) is 0.618. The highest BCUT2D eigenvalue weighted by atomic mass is 16.2. The molecule has 0 aromatic heterocycles. The van der Waals surface area contributed by atoms with Gasteiger partial charge < -0.3 is 4.90 Å². The number of carbonyl (C=O) groups is 1. The van der Waals surface area contributed by atoms with Crippen LogP contribution in [0.4, 0.5) is 0 Å².